The van der Waals surface area contributed by atoms with Crippen molar-refractivity contribution in [3.63, 3.8) is 0 Å². The molecule has 20 heavy (non-hydrogen) atoms. The number of para-hydroxylation sites is 2. The molecule has 0 spiro atoms. The molecule has 0 N–H and O–H groups in total. The SMILES string of the molecule is CCc1nsc(N(C)Cc2nc3ccccc3n2C)n1. The number of benzene rings is 1. The van der Waals surface area contributed by atoms with E-state index in [9.17, 15) is 0 Å². The minimum atomic E-state index is 0.726. The van der Waals surface area contributed by atoms with Gasteiger partial charge in [0.05, 0.1) is 17.6 Å². The number of aryl methyl sites for hydroxylation is 2. The Morgan fingerprint density at radius 3 is 2.75 bits per heavy atom. The number of nitrogens with zero attached hydrogens (tertiary/aromatic N) is 5. The lowest BCUT2D eigenvalue weighted by Gasteiger charge is -2.14. The molecule has 2 aromatic heterocycles. The Kier molecular flexibility index (Phi) is 3.40. The van der Waals surface area contributed by atoms with Crippen molar-refractivity contribution in [3.8, 4) is 0 Å². The molecule has 3 rings (SSSR count). The van der Waals surface area contributed by atoms with Gasteiger partial charge in [-0.3, -0.25) is 0 Å². The van der Waals surface area contributed by atoms with Crippen LogP contribution in [0.4, 0.5) is 5.13 Å². The Balaban J connectivity index is 1.87. The van der Waals surface area contributed by atoms with Crippen molar-refractivity contribution < 1.29 is 0 Å². The van der Waals surface area contributed by atoms with E-state index in [-0.39, 0.29) is 0 Å². The third-order valence-corrected chi connectivity index (χ3v) is 4.23. The Morgan fingerprint density at radius 2 is 2.05 bits per heavy atom. The quantitative estimate of drug-likeness (QED) is 0.740. The van der Waals surface area contributed by atoms with Crippen molar-refractivity contribution in [2.24, 2.45) is 7.05 Å². The summed E-state index contributed by atoms with van der Waals surface area (Å²) in [6, 6.07) is 8.18. The lowest BCUT2D eigenvalue weighted by molar-refractivity contribution is 0.772. The second kappa shape index (κ2) is 5.20. The lowest BCUT2D eigenvalue weighted by atomic mass is 10.3. The van der Waals surface area contributed by atoms with Gasteiger partial charge in [-0.2, -0.15) is 4.37 Å². The van der Waals surface area contributed by atoms with Gasteiger partial charge in [0, 0.05) is 32.0 Å². The van der Waals surface area contributed by atoms with Gasteiger partial charge in [0.2, 0.25) is 5.13 Å². The minimum Gasteiger partial charge on any atom is -0.342 e. The van der Waals surface area contributed by atoms with E-state index in [0.717, 1.165) is 40.8 Å². The zero-order valence-corrected chi connectivity index (χ0v) is 12.7. The van der Waals surface area contributed by atoms with E-state index >= 15 is 0 Å². The molecule has 0 saturated carbocycles. The van der Waals surface area contributed by atoms with Crippen LogP contribution in [0.15, 0.2) is 24.3 Å². The lowest BCUT2D eigenvalue weighted by Crippen LogP contribution is -2.18. The molecule has 104 valence electrons. The van der Waals surface area contributed by atoms with Crippen LogP contribution in [0.25, 0.3) is 11.0 Å². The van der Waals surface area contributed by atoms with Crippen molar-refractivity contribution in [3.05, 3.63) is 35.9 Å². The second-order valence-corrected chi connectivity index (χ2v) is 5.51. The molecule has 0 unspecified atom stereocenters. The first-order valence-electron chi connectivity index (χ1n) is 6.63. The van der Waals surface area contributed by atoms with Crippen molar-refractivity contribution >= 4 is 27.7 Å². The predicted octanol–water partition coefficient (Wildman–Crippen LogP) is 2.62. The van der Waals surface area contributed by atoms with E-state index in [2.05, 4.69) is 43.8 Å². The first-order valence-corrected chi connectivity index (χ1v) is 7.40. The van der Waals surface area contributed by atoms with Crippen LogP contribution < -0.4 is 4.90 Å². The van der Waals surface area contributed by atoms with Gasteiger partial charge in [-0.05, 0) is 12.1 Å². The zero-order chi connectivity index (χ0) is 14.1. The number of fused-ring (bicyclic) bond motifs is 1. The number of hydrogen-bond acceptors (Lipinski definition) is 5. The van der Waals surface area contributed by atoms with Crippen LogP contribution >= 0.6 is 11.5 Å². The molecule has 0 amide bonds. The summed E-state index contributed by atoms with van der Waals surface area (Å²) in [5, 5.41) is 0.939. The fraction of sp³-hybridized carbons (Fsp3) is 0.357. The maximum atomic E-state index is 4.68. The molecule has 5 nitrogen and oxygen atoms in total. The maximum absolute atomic E-state index is 4.68. The van der Waals surface area contributed by atoms with Gasteiger partial charge in [0.1, 0.15) is 11.6 Å². The van der Waals surface area contributed by atoms with E-state index in [4.69, 9.17) is 0 Å². The summed E-state index contributed by atoms with van der Waals surface area (Å²) in [5.74, 6) is 1.93. The van der Waals surface area contributed by atoms with Gasteiger partial charge < -0.3 is 9.47 Å². The predicted molar refractivity (Wildman–Crippen MR) is 82.1 cm³/mol. The van der Waals surface area contributed by atoms with Crippen LogP contribution in [0.3, 0.4) is 0 Å². The smallest absolute Gasteiger partial charge is 0.205 e. The molecule has 0 aliphatic heterocycles. The van der Waals surface area contributed by atoms with E-state index < -0.39 is 0 Å². The molecule has 1 aromatic carbocycles. The standard InChI is InChI=1S/C14H17N5S/c1-4-12-16-14(20-17-12)18(2)9-13-15-10-7-5-6-8-11(10)19(13)3/h5-8H,4,9H2,1-3H3. The average molecular weight is 287 g/mol. The minimum absolute atomic E-state index is 0.726. The molecule has 0 atom stereocenters. The molecule has 0 radical (unpaired) electrons. The molecular formula is C14H17N5S. The van der Waals surface area contributed by atoms with Crippen molar-refractivity contribution in [2.75, 3.05) is 11.9 Å². The number of hydrogen-bond donors (Lipinski definition) is 0. The van der Waals surface area contributed by atoms with Gasteiger partial charge in [-0.1, -0.05) is 19.1 Å². The highest BCUT2D eigenvalue weighted by Gasteiger charge is 2.13. The van der Waals surface area contributed by atoms with Gasteiger partial charge >= 0.3 is 0 Å². The first kappa shape index (κ1) is 13.1. The number of rotatable bonds is 4. The van der Waals surface area contributed by atoms with Crippen LogP contribution in [0.1, 0.15) is 18.6 Å². The topological polar surface area (TPSA) is 46.8 Å². The Hall–Kier alpha value is -1.95. The molecule has 0 fully saturated rings. The van der Waals surface area contributed by atoms with Crippen molar-refractivity contribution in [1.29, 1.82) is 0 Å². The monoisotopic (exact) mass is 287 g/mol. The summed E-state index contributed by atoms with van der Waals surface area (Å²) < 4.78 is 6.46. The third-order valence-electron chi connectivity index (χ3n) is 3.36. The summed E-state index contributed by atoms with van der Waals surface area (Å²) in [6.07, 6.45) is 0.872. The summed E-state index contributed by atoms with van der Waals surface area (Å²) in [6.45, 7) is 2.79. The fourth-order valence-electron chi connectivity index (χ4n) is 2.16. The molecule has 0 aliphatic rings. The normalized spacial score (nSPS) is 11.2. The molecule has 0 saturated heterocycles. The molecule has 0 bridgehead atoms. The Bertz CT molecular complexity index is 730. The first-order chi connectivity index (χ1) is 9.69. The second-order valence-electron chi connectivity index (χ2n) is 4.78. The van der Waals surface area contributed by atoms with Gasteiger partial charge in [0.15, 0.2) is 0 Å². The zero-order valence-electron chi connectivity index (χ0n) is 11.9. The summed E-state index contributed by atoms with van der Waals surface area (Å²) in [4.78, 5) is 11.3. The van der Waals surface area contributed by atoms with Crippen LogP contribution in [-0.4, -0.2) is 26.0 Å². The van der Waals surface area contributed by atoms with Crippen molar-refractivity contribution in [1.82, 2.24) is 18.9 Å². The average Bonchev–Trinajstić information content (AvgIpc) is 3.05. The molecule has 6 heteroatoms. The van der Waals surface area contributed by atoms with E-state index in [1.54, 1.807) is 0 Å². The van der Waals surface area contributed by atoms with Crippen LogP contribution in [-0.2, 0) is 20.0 Å². The third kappa shape index (κ3) is 2.27. The summed E-state index contributed by atoms with van der Waals surface area (Å²) >= 11 is 1.44. The highest BCUT2D eigenvalue weighted by atomic mass is 32.1. The van der Waals surface area contributed by atoms with E-state index in [1.807, 2.05) is 25.2 Å². The van der Waals surface area contributed by atoms with Gasteiger partial charge in [-0.25, -0.2) is 9.97 Å². The molecular weight excluding hydrogens is 270 g/mol. The fourth-order valence-corrected chi connectivity index (χ4v) is 2.87. The van der Waals surface area contributed by atoms with Crippen LogP contribution in [0.5, 0.6) is 0 Å². The van der Waals surface area contributed by atoms with Gasteiger partial charge in [0.25, 0.3) is 0 Å². The molecule has 0 aliphatic carbocycles. The van der Waals surface area contributed by atoms with E-state index in [0.29, 0.717) is 0 Å². The van der Waals surface area contributed by atoms with Crippen LogP contribution in [0.2, 0.25) is 0 Å². The highest BCUT2D eigenvalue weighted by Crippen LogP contribution is 2.20. The molecule has 3 aromatic rings. The number of imidazole rings is 1. The molecule has 2 heterocycles. The van der Waals surface area contributed by atoms with Crippen LogP contribution in [0, 0.1) is 0 Å². The highest BCUT2D eigenvalue weighted by molar-refractivity contribution is 7.09. The summed E-state index contributed by atoms with van der Waals surface area (Å²) in [7, 11) is 4.08. The Morgan fingerprint density at radius 1 is 1.25 bits per heavy atom. The Labute approximate surface area is 122 Å². The summed E-state index contributed by atoms with van der Waals surface area (Å²) in [5.41, 5.74) is 2.19. The number of anilines is 1. The maximum Gasteiger partial charge on any atom is 0.205 e. The van der Waals surface area contributed by atoms with Crippen molar-refractivity contribution in [2.45, 2.75) is 19.9 Å². The van der Waals surface area contributed by atoms with Gasteiger partial charge in [-0.15, -0.1) is 0 Å². The number of aromatic nitrogens is 4. The van der Waals surface area contributed by atoms with E-state index in [1.165, 1.54) is 11.5 Å². The largest absolute Gasteiger partial charge is 0.342 e.